The van der Waals surface area contributed by atoms with E-state index in [0.29, 0.717) is 16.8 Å². The van der Waals surface area contributed by atoms with E-state index in [4.69, 9.17) is 4.74 Å². The molecule has 0 amide bonds. The van der Waals surface area contributed by atoms with Crippen molar-refractivity contribution in [1.29, 1.82) is 0 Å². The molecule has 0 aromatic heterocycles. The van der Waals surface area contributed by atoms with Crippen LogP contribution in [0.15, 0.2) is 76.2 Å². The number of esters is 1. The van der Waals surface area contributed by atoms with Gasteiger partial charge in [0.15, 0.2) is 0 Å². The van der Waals surface area contributed by atoms with Gasteiger partial charge in [0, 0.05) is 16.8 Å². The standard InChI is InChI=1S/C21H15BrN2O4/c1-14-3-2-4-16(11-14)21(25)28-20-10-5-15(12-19(20)24(26)27)13-23-18-8-6-17(22)7-9-18/h2-13H,1H3. The van der Waals surface area contributed by atoms with Crippen LogP contribution in [0.1, 0.15) is 21.5 Å². The summed E-state index contributed by atoms with van der Waals surface area (Å²) in [5.74, 6) is -0.764. The highest BCUT2D eigenvalue weighted by Crippen LogP contribution is 2.28. The molecule has 3 rings (SSSR count). The summed E-state index contributed by atoms with van der Waals surface area (Å²) < 4.78 is 6.18. The molecule has 0 aliphatic heterocycles. The van der Waals surface area contributed by atoms with Gasteiger partial charge in [-0.25, -0.2) is 4.79 Å². The van der Waals surface area contributed by atoms with Crippen molar-refractivity contribution in [3.05, 3.63) is 98.0 Å². The number of carbonyl (C=O) groups is 1. The first-order chi connectivity index (χ1) is 13.4. The number of aryl methyl sites for hydroxylation is 1. The third-order valence-corrected chi connectivity index (χ3v) is 4.35. The molecule has 0 heterocycles. The highest BCUT2D eigenvalue weighted by Gasteiger charge is 2.19. The third-order valence-electron chi connectivity index (χ3n) is 3.83. The molecule has 0 bridgehead atoms. The molecule has 3 aromatic carbocycles. The lowest BCUT2D eigenvalue weighted by Gasteiger charge is -2.06. The second-order valence-electron chi connectivity index (χ2n) is 5.98. The maximum absolute atomic E-state index is 12.3. The maximum atomic E-state index is 12.3. The summed E-state index contributed by atoms with van der Waals surface area (Å²) in [4.78, 5) is 27.4. The van der Waals surface area contributed by atoms with Crippen molar-refractivity contribution in [3.63, 3.8) is 0 Å². The summed E-state index contributed by atoms with van der Waals surface area (Å²) in [6.45, 7) is 1.85. The van der Waals surface area contributed by atoms with E-state index >= 15 is 0 Å². The largest absolute Gasteiger partial charge is 0.416 e. The van der Waals surface area contributed by atoms with Gasteiger partial charge >= 0.3 is 11.7 Å². The van der Waals surface area contributed by atoms with Crippen molar-refractivity contribution >= 4 is 39.5 Å². The number of hydrogen-bond donors (Lipinski definition) is 0. The SMILES string of the molecule is Cc1cccc(C(=O)Oc2ccc(C=Nc3ccc(Br)cc3)cc2[N+](=O)[O-])c1. The van der Waals surface area contributed by atoms with Crippen LogP contribution in [0.4, 0.5) is 11.4 Å². The molecule has 0 atom stereocenters. The summed E-state index contributed by atoms with van der Waals surface area (Å²) in [6, 6.07) is 18.5. The van der Waals surface area contributed by atoms with Gasteiger partial charge in [-0.15, -0.1) is 0 Å². The molecule has 0 spiro atoms. The molecule has 0 saturated heterocycles. The van der Waals surface area contributed by atoms with Crippen molar-refractivity contribution in [3.8, 4) is 5.75 Å². The number of nitro benzene ring substituents is 1. The van der Waals surface area contributed by atoms with E-state index in [1.54, 1.807) is 24.3 Å². The van der Waals surface area contributed by atoms with Crippen molar-refractivity contribution in [1.82, 2.24) is 0 Å². The Kier molecular flexibility index (Phi) is 5.96. The Morgan fingerprint density at radius 1 is 1.11 bits per heavy atom. The lowest BCUT2D eigenvalue weighted by atomic mass is 10.1. The monoisotopic (exact) mass is 438 g/mol. The van der Waals surface area contributed by atoms with Crippen LogP contribution in [-0.4, -0.2) is 17.1 Å². The van der Waals surface area contributed by atoms with Gasteiger partial charge in [0.1, 0.15) is 0 Å². The van der Waals surface area contributed by atoms with E-state index in [1.165, 1.54) is 18.3 Å². The average molecular weight is 439 g/mol. The van der Waals surface area contributed by atoms with E-state index in [9.17, 15) is 14.9 Å². The normalized spacial score (nSPS) is 10.8. The van der Waals surface area contributed by atoms with Gasteiger partial charge in [-0.2, -0.15) is 0 Å². The Bertz CT molecular complexity index is 1060. The number of aliphatic imine (C=N–C) groups is 1. The van der Waals surface area contributed by atoms with Crippen LogP contribution in [0.5, 0.6) is 5.75 Å². The van der Waals surface area contributed by atoms with Crippen LogP contribution in [-0.2, 0) is 0 Å². The zero-order chi connectivity index (χ0) is 20.1. The highest BCUT2D eigenvalue weighted by atomic mass is 79.9. The van der Waals surface area contributed by atoms with Gasteiger partial charge in [-0.05, 0) is 61.0 Å². The van der Waals surface area contributed by atoms with Gasteiger partial charge in [0.25, 0.3) is 0 Å². The summed E-state index contributed by atoms with van der Waals surface area (Å²) >= 11 is 3.35. The fourth-order valence-electron chi connectivity index (χ4n) is 2.45. The topological polar surface area (TPSA) is 81.8 Å². The third kappa shape index (κ3) is 4.89. The van der Waals surface area contributed by atoms with Crippen molar-refractivity contribution in [2.24, 2.45) is 4.99 Å². The number of benzene rings is 3. The molecule has 6 nitrogen and oxygen atoms in total. The number of rotatable bonds is 5. The second-order valence-corrected chi connectivity index (χ2v) is 6.89. The van der Waals surface area contributed by atoms with E-state index in [0.717, 1.165) is 10.0 Å². The molecule has 0 saturated carbocycles. The first-order valence-electron chi connectivity index (χ1n) is 8.29. The first-order valence-corrected chi connectivity index (χ1v) is 9.08. The predicted octanol–water partition coefficient (Wildman–Crippen LogP) is 5.64. The Balaban J connectivity index is 1.84. The minimum Gasteiger partial charge on any atom is -0.416 e. The van der Waals surface area contributed by atoms with Gasteiger partial charge in [-0.1, -0.05) is 33.6 Å². The molecular weight excluding hydrogens is 424 g/mol. The van der Waals surface area contributed by atoms with Gasteiger partial charge in [0.05, 0.1) is 16.2 Å². The lowest BCUT2D eigenvalue weighted by Crippen LogP contribution is -2.10. The average Bonchev–Trinajstić information content (AvgIpc) is 2.68. The second kappa shape index (κ2) is 8.58. The lowest BCUT2D eigenvalue weighted by molar-refractivity contribution is -0.385. The van der Waals surface area contributed by atoms with Crippen LogP contribution in [0.3, 0.4) is 0 Å². The number of ether oxygens (including phenoxy) is 1. The fraction of sp³-hybridized carbons (Fsp3) is 0.0476. The highest BCUT2D eigenvalue weighted by molar-refractivity contribution is 9.10. The molecular formula is C21H15BrN2O4. The summed E-state index contributed by atoms with van der Waals surface area (Å²) in [7, 11) is 0. The zero-order valence-corrected chi connectivity index (χ0v) is 16.4. The number of halogens is 1. The van der Waals surface area contributed by atoms with Crippen LogP contribution < -0.4 is 4.74 Å². The molecule has 140 valence electrons. The molecule has 0 fully saturated rings. The maximum Gasteiger partial charge on any atom is 0.343 e. The summed E-state index contributed by atoms with van der Waals surface area (Å²) in [5.41, 5.74) is 2.14. The number of nitro groups is 1. The van der Waals surface area contributed by atoms with Crippen LogP contribution >= 0.6 is 15.9 Å². The Morgan fingerprint density at radius 3 is 2.54 bits per heavy atom. The molecule has 7 heteroatoms. The van der Waals surface area contributed by atoms with Crippen molar-refractivity contribution in [2.75, 3.05) is 0 Å². The predicted molar refractivity (Wildman–Crippen MR) is 111 cm³/mol. The molecule has 0 aliphatic rings. The molecule has 0 aliphatic carbocycles. The van der Waals surface area contributed by atoms with E-state index in [1.807, 2.05) is 37.3 Å². The van der Waals surface area contributed by atoms with Crippen molar-refractivity contribution in [2.45, 2.75) is 6.92 Å². The quantitative estimate of drug-likeness (QED) is 0.170. The molecule has 3 aromatic rings. The minimum absolute atomic E-state index is 0.114. The first kappa shape index (κ1) is 19.4. The van der Waals surface area contributed by atoms with Gasteiger partial charge in [0.2, 0.25) is 5.75 Å². The van der Waals surface area contributed by atoms with Crippen molar-refractivity contribution < 1.29 is 14.5 Å². The minimum atomic E-state index is -0.650. The molecule has 28 heavy (non-hydrogen) atoms. The van der Waals surface area contributed by atoms with Crippen LogP contribution in [0.25, 0.3) is 0 Å². The smallest absolute Gasteiger partial charge is 0.343 e. The molecule has 0 unspecified atom stereocenters. The van der Waals surface area contributed by atoms with E-state index < -0.39 is 10.9 Å². The summed E-state index contributed by atoms with van der Waals surface area (Å²) in [5, 5.41) is 11.4. The Labute approximate surface area is 169 Å². The number of hydrogen-bond acceptors (Lipinski definition) is 5. The van der Waals surface area contributed by atoms with E-state index in [2.05, 4.69) is 20.9 Å². The van der Waals surface area contributed by atoms with Crippen LogP contribution in [0.2, 0.25) is 0 Å². The molecule has 0 radical (unpaired) electrons. The van der Waals surface area contributed by atoms with Crippen LogP contribution in [0, 0.1) is 17.0 Å². The molecule has 0 N–H and O–H groups in total. The van der Waals surface area contributed by atoms with Gasteiger partial charge < -0.3 is 4.74 Å². The summed E-state index contributed by atoms with van der Waals surface area (Å²) in [6.07, 6.45) is 1.52. The number of nitrogens with zero attached hydrogens (tertiary/aromatic N) is 2. The zero-order valence-electron chi connectivity index (χ0n) is 14.8. The van der Waals surface area contributed by atoms with E-state index in [-0.39, 0.29) is 11.4 Å². The van der Waals surface area contributed by atoms with Gasteiger partial charge in [-0.3, -0.25) is 15.1 Å². The fourth-order valence-corrected chi connectivity index (χ4v) is 2.72. The Morgan fingerprint density at radius 2 is 1.86 bits per heavy atom. The number of carbonyl (C=O) groups excluding carboxylic acids is 1. The Hall–Kier alpha value is -3.32.